The van der Waals surface area contributed by atoms with Gasteiger partial charge in [0.2, 0.25) is 6.41 Å². The smallest absolute Gasteiger partial charge is 0.210 e. The first-order valence-electron chi connectivity index (χ1n) is 5.68. The maximum atomic E-state index is 10.4. The molecule has 1 heterocycles. The van der Waals surface area contributed by atoms with Crippen molar-refractivity contribution in [3.05, 3.63) is 0 Å². The Balaban J connectivity index is 0. The highest BCUT2D eigenvalue weighted by Crippen LogP contribution is 2.02. The molecule has 1 saturated heterocycles. The molecule has 0 aromatic rings. The molecule has 0 aromatic carbocycles. The quantitative estimate of drug-likeness (QED) is 0.658. The highest BCUT2D eigenvalue weighted by Gasteiger charge is 2.19. The van der Waals surface area contributed by atoms with Crippen molar-refractivity contribution in [3.8, 4) is 0 Å². The standard InChI is InChI=1S/C7H14N2O.2C2H6/c1-6-4-9(5-10)7(2)3-8-6;2*1-2/h5-8H,3-4H2,1-2H3;2*1-2H3. The minimum atomic E-state index is 0.355. The minimum absolute atomic E-state index is 0.355. The third kappa shape index (κ3) is 5.97. The first-order chi connectivity index (χ1) is 6.74. The molecule has 1 aliphatic heterocycles. The molecule has 1 fully saturated rings. The van der Waals surface area contributed by atoms with E-state index in [0.717, 1.165) is 19.5 Å². The van der Waals surface area contributed by atoms with Gasteiger partial charge in [0, 0.05) is 25.2 Å². The van der Waals surface area contributed by atoms with E-state index < -0.39 is 0 Å². The van der Waals surface area contributed by atoms with E-state index in [2.05, 4.69) is 12.2 Å². The molecular formula is C11H26N2O. The van der Waals surface area contributed by atoms with Crippen LogP contribution in [0.1, 0.15) is 41.5 Å². The number of nitrogens with one attached hydrogen (secondary N) is 1. The Morgan fingerprint density at radius 1 is 1.21 bits per heavy atom. The second-order valence-electron chi connectivity index (χ2n) is 2.96. The topological polar surface area (TPSA) is 32.3 Å². The average Bonchev–Trinajstić information content (AvgIpc) is 2.27. The van der Waals surface area contributed by atoms with Crippen LogP contribution in [-0.4, -0.2) is 36.5 Å². The van der Waals surface area contributed by atoms with Gasteiger partial charge in [-0.25, -0.2) is 0 Å². The van der Waals surface area contributed by atoms with Crippen molar-refractivity contribution in [3.63, 3.8) is 0 Å². The van der Waals surface area contributed by atoms with Gasteiger partial charge in [-0.2, -0.15) is 0 Å². The fourth-order valence-corrected chi connectivity index (χ4v) is 1.20. The molecule has 1 rings (SSSR count). The molecule has 3 nitrogen and oxygen atoms in total. The summed E-state index contributed by atoms with van der Waals surface area (Å²) in [4.78, 5) is 12.2. The van der Waals surface area contributed by atoms with Gasteiger partial charge in [0.15, 0.2) is 0 Å². The third-order valence-corrected chi connectivity index (χ3v) is 1.95. The molecule has 14 heavy (non-hydrogen) atoms. The first-order valence-corrected chi connectivity index (χ1v) is 5.68. The zero-order valence-electron chi connectivity index (χ0n) is 10.5. The number of piperazine rings is 1. The van der Waals surface area contributed by atoms with Gasteiger partial charge in [-0.15, -0.1) is 0 Å². The lowest BCUT2D eigenvalue weighted by molar-refractivity contribution is -0.121. The van der Waals surface area contributed by atoms with E-state index in [1.807, 2.05) is 39.5 Å². The molecule has 86 valence electrons. The lowest BCUT2D eigenvalue weighted by Crippen LogP contribution is -2.53. The zero-order chi connectivity index (χ0) is 11.6. The fourth-order valence-electron chi connectivity index (χ4n) is 1.20. The number of carbonyl (C=O) groups is 1. The van der Waals surface area contributed by atoms with Gasteiger partial charge in [0.05, 0.1) is 0 Å². The predicted octanol–water partition coefficient (Wildman–Crippen LogP) is 1.88. The zero-order valence-corrected chi connectivity index (χ0v) is 10.5. The predicted molar refractivity (Wildman–Crippen MR) is 62.4 cm³/mol. The van der Waals surface area contributed by atoms with E-state index in [-0.39, 0.29) is 0 Å². The van der Waals surface area contributed by atoms with Gasteiger partial charge in [-0.05, 0) is 13.8 Å². The summed E-state index contributed by atoms with van der Waals surface area (Å²) in [6.07, 6.45) is 0.933. The summed E-state index contributed by atoms with van der Waals surface area (Å²) in [5.41, 5.74) is 0. The Kier molecular flexibility index (Phi) is 11.9. The molecule has 0 aliphatic carbocycles. The van der Waals surface area contributed by atoms with Gasteiger partial charge in [0.1, 0.15) is 0 Å². The summed E-state index contributed by atoms with van der Waals surface area (Å²) < 4.78 is 0. The highest BCUT2D eigenvalue weighted by molar-refractivity contribution is 5.48. The molecule has 1 N–H and O–H groups in total. The van der Waals surface area contributed by atoms with Crippen LogP contribution in [-0.2, 0) is 4.79 Å². The van der Waals surface area contributed by atoms with Gasteiger partial charge in [-0.3, -0.25) is 4.79 Å². The van der Waals surface area contributed by atoms with Gasteiger partial charge < -0.3 is 10.2 Å². The summed E-state index contributed by atoms with van der Waals surface area (Å²) in [6.45, 7) is 13.9. The second kappa shape index (κ2) is 10.5. The Morgan fingerprint density at radius 3 is 2.07 bits per heavy atom. The number of hydrogen-bond donors (Lipinski definition) is 1. The van der Waals surface area contributed by atoms with Crippen LogP contribution in [0, 0.1) is 0 Å². The van der Waals surface area contributed by atoms with Gasteiger partial charge >= 0.3 is 0 Å². The van der Waals surface area contributed by atoms with Crippen LogP contribution >= 0.6 is 0 Å². The first kappa shape index (κ1) is 15.9. The average molecular weight is 202 g/mol. The lowest BCUT2D eigenvalue weighted by atomic mass is 10.2. The number of rotatable bonds is 1. The maximum Gasteiger partial charge on any atom is 0.210 e. The summed E-state index contributed by atoms with van der Waals surface area (Å²) in [6, 6.07) is 0.801. The van der Waals surface area contributed by atoms with Crippen molar-refractivity contribution in [2.24, 2.45) is 0 Å². The lowest BCUT2D eigenvalue weighted by Gasteiger charge is -2.34. The Bertz CT molecular complexity index is 128. The summed E-state index contributed by atoms with van der Waals surface area (Å²) >= 11 is 0. The number of carbonyl (C=O) groups excluding carboxylic acids is 1. The summed E-state index contributed by atoms with van der Waals surface area (Å²) in [5, 5.41) is 3.30. The van der Waals surface area contributed by atoms with Crippen LogP contribution in [0.15, 0.2) is 0 Å². The van der Waals surface area contributed by atoms with Crippen LogP contribution < -0.4 is 5.32 Å². The number of hydrogen-bond acceptors (Lipinski definition) is 2. The molecular weight excluding hydrogens is 176 g/mol. The van der Waals surface area contributed by atoms with Crippen molar-refractivity contribution in [2.75, 3.05) is 13.1 Å². The molecule has 3 heteroatoms. The van der Waals surface area contributed by atoms with E-state index in [0.29, 0.717) is 12.1 Å². The molecule has 0 radical (unpaired) electrons. The van der Waals surface area contributed by atoms with Crippen molar-refractivity contribution < 1.29 is 4.79 Å². The van der Waals surface area contributed by atoms with Crippen molar-refractivity contribution >= 4 is 6.41 Å². The van der Waals surface area contributed by atoms with Crippen LogP contribution in [0.4, 0.5) is 0 Å². The third-order valence-electron chi connectivity index (χ3n) is 1.95. The molecule has 0 bridgehead atoms. The van der Waals surface area contributed by atoms with Gasteiger partial charge in [0.25, 0.3) is 0 Å². The van der Waals surface area contributed by atoms with E-state index in [4.69, 9.17) is 0 Å². The Hall–Kier alpha value is -0.570. The van der Waals surface area contributed by atoms with Crippen LogP contribution in [0.3, 0.4) is 0 Å². The van der Waals surface area contributed by atoms with Crippen molar-refractivity contribution in [2.45, 2.75) is 53.6 Å². The Labute approximate surface area is 88.9 Å². The molecule has 2 unspecified atom stereocenters. The van der Waals surface area contributed by atoms with Gasteiger partial charge in [-0.1, -0.05) is 27.7 Å². The molecule has 0 aromatic heterocycles. The monoisotopic (exact) mass is 202 g/mol. The summed E-state index contributed by atoms with van der Waals surface area (Å²) in [5.74, 6) is 0. The molecule has 1 aliphatic rings. The molecule has 2 atom stereocenters. The maximum absolute atomic E-state index is 10.4. The molecule has 0 spiro atoms. The van der Waals surface area contributed by atoms with E-state index >= 15 is 0 Å². The van der Waals surface area contributed by atoms with E-state index in [1.165, 1.54) is 0 Å². The molecule has 0 saturated carbocycles. The van der Waals surface area contributed by atoms with E-state index in [9.17, 15) is 4.79 Å². The highest BCUT2D eigenvalue weighted by atomic mass is 16.1. The van der Waals surface area contributed by atoms with Crippen LogP contribution in [0.5, 0.6) is 0 Å². The van der Waals surface area contributed by atoms with Crippen LogP contribution in [0.25, 0.3) is 0 Å². The Morgan fingerprint density at radius 2 is 1.71 bits per heavy atom. The van der Waals surface area contributed by atoms with Crippen molar-refractivity contribution in [1.82, 2.24) is 10.2 Å². The van der Waals surface area contributed by atoms with Crippen molar-refractivity contribution in [1.29, 1.82) is 0 Å². The normalized spacial score (nSPS) is 25.1. The SMILES string of the molecule is CC.CC.CC1CN(C=O)C(C)CN1. The number of nitrogens with zero attached hydrogens (tertiary/aromatic N) is 1. The van der Waals surface area contributed by atoms with E-state index in [1.54, 1.807) is 0 Å². The number of amides is 1. The minimum Gasteiger partial charge on any atom is -0.340 e. The summed E-state index contributed by atoms with van der Waals surface area (Å²) in [7, 11) is 0. The van der Waals surface area contributed by atoms with Crippen LogP contribution in [0.2, 0.25) is 0 Å². The fraction of sp³-hybridized carbons (Fsp3) is 0.909. The second-order valence-corrected chi connectivity index (χ2v) is 2.96. The largest absolute Gasteiger partial charge is 0.340 e. The molecule has 1 amide bonds.